The van der Waals surface area contributed by atoms with Gasteiger partial charge in [-0.1, -0.05) is 12.1 Å². The third kappa shape index (κ3) is 2.54. The van der Waals surface area contributed by atoms with E-state index in [0.717, 1.165) is 26.2 Å². The molecule has 0 spiro atoms. The minimum Gasteiger partial charge on any atom is -0.383 e. The van der Waals surface area contributed by atoms with Gasteiger partial charge in [0.15, 0.2) is 0 Å². The second kappa shape index (κ2) is 5.32. The van der Waals surface area contributed by atoms with E-state index >= 15 is 0 Å². The lowest BCUT2D eigenvalue weighted by atomic mass is 10.1. The molecule has 0 saturated carbocycles. The molecule has 0 amide bonds. The average molecular weight is 219 g/mol. The summed E-state index contributed by atoms with van der Waals surface area (Å²) in [4.78, 5) is 4.78. The molecule has 1 unspecified atom stereocenters. The number of ether oxygens (including phenoxy) is 1. The molecule has 1 radical (unpaired) electrons. The van der Waals surface area contributed by atoms with E-state index < -0.39 is 0 Å². The van der Waals surface area contributed by atoms with Crippen molar-refractivity contribution in [1.82, 2.24) is 4.90 Å². The van der Waals surface area contributed by atoms with Gasteiger partial charge in [-0.25, -0.2) is 0 Å². The number of anilines is 1. The van der Waals surface area contributed by atoms with Gasteiger partial charge in [-0.2, -0.15) is 0 Å². The van der Waals surface area contributed by atoms with Gasteiger partial charge >= 0.3 is 0 Å². The Morgan fingerprint density at radius 3 is 2.81 bits per heavy atom. The summed E-state index contributed by atoms with van der Waals surface area (Å²) in [5, 5.41) is 0. The predicted octanol–water partition coefficient (Wildman–Crippen LogP) is 1.25. The van der Waals surface area contributed by atoms with Crippen LogP contribution < -0.4 is 4.90 Å². The zero-order valence-corrected chi connectivity index (χ0v) is 10.0. The van der Waals surface area contributed by atoms with E-state index in [-0.39, 0.29) is 0 Å². The van der Waals surface area contributed by atoms with Crippen LogP contribution in [0.15, 0.2) is 24.3 Å². The van der Waals surface area contributed by atoms with Gasteiger partial charge in [-0.05, 0) is 25.2 Å². The Labute approximate surface area is 97.6 Å². The van der Waals surface area contributed by atoms with E-state index in [1.54, 1.807) is 7.11 Å². The number of piperazine rings is 1. The van der Waals surface area contributed by atoms with Crippen molar-refractivity contribution in [3.8, 4) is 0 Å². The summed E-state index contributed by atoms with van der Waals surface area (Å²) in [6, 6.07) is 11.7. The fourth-order valence-electron chi connectivity index (χ4n) is 2.26. The topological polar surface area (TPSA) is 15.7 Å². The molecule has 0 aliphatic carbocycles. The highest BCUT2D eigenvalue weighted by Gasteiger charge is 2.24. The highest BCUT2D eigenvalue weighted by molar-refractivity contribution is 5.47. The van der Waals surface area contributed by atoms with Crippen LogP contribution in [0.3, 0.4) is 0 Å². The number of hydrogen-bond donors (Lipinski definition) is 0. The maximum absolute atomic E-state index is 5.31. The summed E-state index contributed by atoms with van der Waals surface area (Å²) in [6.07, 6.45) is 0. The van der Waals surface area contributed by atoms with Crippen LogP contribution in [0.2, 0.25) is 0 Å². The fraction of sp³-hybridized carbons (Fsp3) is 0.538. The molecule has 3 nitrogen and oxygen atoms in total. The normalized spacial score (nSPS) is 22.4. The van der Waals surface area contributed by atoms with E-state index in [4.69, 9.17) is 4.74 Å². The summed E-state index contributed by atoms with van der Waals surface area (Å²) < 4.78 is 5.31. The van der Waals surface area contributed by atoms with Crippen molar-refractivity contribution in [2.24, 2.45) is 0 Å². The first kappa shape index (κ1) is 11.4. The first-order chi connectivity index (χ1) is 7.81. The summed E-state index contributed by atoms with van der Waals surface area (Å²) in [7, 11) is 3.93. The Hall–Kier alpha value is -1.06. The Morgan fingerprint density at radius 1 is 1.38 bits per heavy atom. The van der Waals surface area contributed by atoms with Crippen molar-refractivity contribution >= 4 is 5.69 Å². The van der Waals surface area contributed by atoms with Gasteiger partial charge in [0.1, 0.15) is 0 Å². The minimum atomic E-state index is 0.450. The number of methoxy groups -OCH3 is 1. The van der Waals surface area contributed by atoms with Crippen LogP contribution in [0, 0.1) is 6.07 Å². The molecule has 1 heterocycles. The quantitative estimate of drug-likeness (QED) is 0.761. The molecular weight excluding hydrogens is 200 g/mol. The standard InChI is InChI=1S/C13H19N2O/c1-14-8-9-15(13(10-14)11-16-2)12-6-4-3-5-7-12/h4-7,13H,8-11H2,1-2H3. The number of nitrogens with zero attached hydrogens (tertiary/aromatic N) is 2. The molecule has 1 aliphatic heterocycles. The maximum atomic E-state index is 5.31. The highest BCUT2D eigenvalue weighted by atomic mass is 16.5. The molecule has 87 valence electrons. The second-order valence-corrected chi connectivity index (χ2v) is 4.32. The van der Waals surface area contributed by atoms with Gasteiger partial charge in [-0.3, -0.25) is 0 Å². The Balaban J connectivity index is 2.12. The smallest absolute Gasteiger partial charge is 0.0678 e. The SMILES string of the molecule is COCC1CN(C)CCN1c1cc[c]cc1. The van der Waals surface area contributed by atoms with E-state index in [1.807, 2.05) is 12.1 Å². The molecule has 1 aromatic carbocycles. The molecule has 3 heteroatoms. The molecule has 0 bridgehead atoms. The summed E-state index contributed by atoms with van der Waals surface area (Å²) in [5.74, 6) is 0. The number of hydrogen-bond acceptors (Lipinski definition) is 3. The van der Waals surface area contributed by atoms with Crippen LogP contribution in [0.5, 0.6) is 0 Å². The third-order valence-electron chi connectivity index (χ3n) is 3.08. The molecule has 1 aromatic rings. The first-order valence-corrected chi connectivity index (χ1v) is 5.71. The molecule has 0 aromatic heterocycles. The lowest BCUT2D eigenvalue weighted by Crippen LogP contribution is -2.53. The van der Waals surface area contributed by atoms with Crippen molar-refractivity contribution in [3.05, 3.63) is 30.3 Å². The average Bonchev–Trinajstić information content (AvgIpc) is 2.31. The second-order valence-electron chi connectivity index (χ2n) is 4.32. The summed E-state index contributed by atoms with van der Waals surface area (Å²) in [5.41, 5.74) is 1.27. The van der Waals surface area contributed by atoms with Crippen molar-refractivity contribution in [3.63, 3.8) is 0 Å². The number of benzene rings is 1. The van der Waals surface area contributed by atoms with Crippen molar-refractivity contribution in [2.75, 3.05) is 45.3 Å². The lowest BCUT2D eigenvalue weighted by Gasteiger charge is -2.41. The van der Waals surface area contributed by atoms with Crippen LogP contribution in [0.4, 0.5) is 5.69 Å². The largest absolute Gasteiger partial charge is 0.383 e. The molecule has 1 atom stereocenters. The lowest BCUT2D eigenvalue weighted by molar-refractivity contribution is 0.143. The molecule has 1 aliphatic rings. The fourth-order valence-corrected chi connectivity index (χ4v) is 2.26. The highest BCUT2D eigenvalue weighted by Crippen LogP contribution is 2.19. The van der Waals surface area contributed by atoms with Gasteiger partial charge in [0, 0.05) is 32.4 Å². The molecule has 0 N–H and O–H groups in total. The van der Waals surface area contributed by atoms with E-state index in [1.165, 1.54) is 5.69 Å². The zero-order chi connectivity index (χ0) is 11.4. The molecule has 1 saturated heterocycles. The van der Waals surface area contributed by atoms with Crippen molar-refractivity contribution in [2.45, 2.75) is 6.04 Å². The number of rotatable bonds is 3. The molecular formula is C13H19N2O. The Bertz CT molecular complexity index is 315. The van der Waals surface area contributed by atoms with Crippen molar-refractivity contribution in [1.29, 1.82) is 0 Å². The van der Waals surface area contributed by atoms with Gasteiger partial charge in [0.25, 0.3) is 0 Å². The number of likely N-dealkylation sites (N-methyl/N-ethyl adjacent to an activating group) is 1. The summed E-state index contributed by atoms with van der Waals surface area (Å²) in [6.45, 7) is 4.02. The van der Waals surface area contributed by atoms with Crippen LogP contribution in [-0.2, 0) is 4.74 Å². The van der Waals surface area contributed by atoms with Gasteiger partial charge < -0.3 is 14.5 Å². The van der Waals surface area contributed by atoms with Crippen LogP contribution >= 0.6 is 0 Å². The molecule has 2 rings (SSSR count). The molecule has 16 heavy (non-hydrogen) atoms. The van der Waals surface area contributed by atoms with Crippen LogP contribution in [0.25, 0.3) is 0 Å². The van der Waals surface area contributed by atoms with Crippen LogP contribution in [-0.4, -0.2) is 51.3 Å². The first-order valence-electron chi connectivity index (χ1n) is 5.71. The van der Waals surface area contributed by atoms with Gasteiger partial charge in [0.05, 0.1) is 12.6 Å². The predicted molar refractivity (Wildman–Crippen MR) is 65.8 cm³/mol. The molecule has 1 fully saturated rings. The van der Waals surface area contributed by atoms with Crippen LogP contribution in [0.1, 0.15) is 0 Å². The monoisotopic (exact) mass is 219 g/mol. The Morgan fingerprint density at radius 2 is 2.12 bits per heavy atom. The minimum absolute atomic E-state index is 0.450. The van der Waals surface area contributed by atoms with Crippen molar-refractivity contribution < 1.29 is 4.74 Å². The van der Waals surface area contributed by atoms with E-state index in [0.29, 0.717) is 6.04 Å². The third-order valence-corrected chi connectivity index (χ3v) is 3.08. The zero-order valence-electron chi connectivity index (χ0n) is 10.0. The summed E-state index contributed by atoms with van der Waals surface area (Å²) >= 11 is 0. The Kier molecular flexibility index (Phi) is 3.80. The van der Waals surface area contributed by atoms with E-state index in [9.17, 15) is 0 Å². The van der Waals surface area contributed by atoms with E-state index in [2.05, 4.69) is 35.0 Å². The maximum Gasteiger partial charge on any atom is 0.0678 e. The van der Waals surface area contributed by atoms with Gasteiger partial charge in [0.2, 0.25) is 0 Å². The van der Waals surface area contributed by atoms with Gasteiger partial charge in [-0.15, -0.1) is 0 Å².